The molecule has 0 saturated heterocycles. The molecule has 0 bridgehead atoms. The molecule has 4 heteroatoms. The van der Waals surface area contributed by atoms with Gasteiger partial charge in [0.1, 0.15) is 0 Å². The van der Waals surface area contributed by atoms with Crippen LogP contribution in [0, 0.1) is 0 Å². The van der Waals surface area contributed by atoms with E-state index in [-0.39, 0.29) is 10.9 Å². The van der Waals surface area contributed by atoms with Gasteiger partial charge in [0.15, 0.2) is 0 Å². The van der Waals surface area contributed by atoms with Crippen molar-refractivity contribution in [2.45, 2.75) is 45.2 Å². The first-order chi connectivity index (χ1) is 14.9. The van der Waals surface area contributed by atoms with E-state index in [2.05, 4.69) is 74.6 Å². The first-order valence-corrected chi connectivity index (χ1v) is 12.9. The van der Waals surface area contributed by atoms with Crippen LogP contribution in [-0.2, 0) is 15.8 Å². The number of nitrogens with one attached hydrogen (secondary N) is 1. The molecule has 0 radical (unpaired) electrons. The molecule has 0 heterocycles. The number of carbonyl (C=O) groups is 1. The van der Waals surface area contributed by atoms with Gasteiger partial charge in [0.05, 0.1) is 0 Å². The molecule has 0 unspecified atom stereocenters. The Balaban J connectivity index is 1.69. The predicted molar refractivity (Wildman–Crippen MR) is 131 cm³/mol. The van der Waals surface area contributed by atoms with E-state index < -0.39 is 8.32 Å². The number of amides is 1. The molecule has 0 spiro atoms. The summed E-state index contributed by atoms with van der Waals surface area (Å²) in [6, 6.07) is 31.2. The van der Waals surface area contributed by atoms with E-state index in [0.717, 1.165) is 5.56 Å². The molecule has 0 aromatic heterocycles. The fraction of sp³-hybridized carbons (Fsp3) is 0.296. The zero-order valence-electron chi connectivity index (χ0n) is 18.8. The minimum Gasteiger partial charge on any atom is -0.407 e. The average Bonchev–Trinajstić information content (AvgIpc) is 2.79. The van der Waals surface area contributed by atoms with E-state index in [0.29, 0.717) is 26.0 Å². The Morgan fingerprint density at radius 3 is 1.77 bits per heavy atom. The van der Waals surface area contributed by atoms with Crippen molar-refractivity contribution >= 4 is 24.6 Å². The Hall–Kier alpha value is -2.69. The van der Waals surface area contributed by atoms with Crippen LogP contribution < -0.4 is 15.7 Å². The molecule has 31 heavy (non-hydrogen) atoms. The van der Waals surface area contributed by atoms with Gasteiger partial charge in [-0.15, -0.1) is 0 Å². The third-order valence-electron chi connectivity index (χ3n) is 5.62. The zero-order chi connectivity index (χ0) is 22.2. The molecule has 162 valence electrons. The molecule has 0 atom stereocenters. The minimum atomic E-state index is -2.52. The molecule has 1 amide bonds. The van der Waals surface area contributed by atoms with E-state index >= 15 is 0 Å². The number of carbonyl (C=O) groups excluding carboxylic acids is 1. The zero-order valence-corrected chi connectivity index (χ0v) is 19.8. The lowest BCUT2D eigenvalue weighted by Gasteiger charge is -2.43. The highest BCUT2D eigenvalue weighted by molar-refractivity contribution is 6.99. The summed E-state index contributed by atoms with van der Waals surface area (Å²) in [5.74, 6) is 0.0647. The summed E-state index contributed by atoms with van der Waals surface area (Å²) < 4.78 is 6.84. The van der Waals surface area contributed by atoms with Crippen LogP contribution in [0.5, 0.6) is 0 Å². The molecule has 3 aromatic carbocycles. The first-order valence-electron chi connectivity index (χ1n) is 11.0. The summed E-state index contributed by atoms with van der Waals surface area (Å²) in [6.07, 6.45) is 1.16. The van der Waals surface area contributed by atoms with Crippen LogP contribution in [0.25, 0.3) is 0 Å². The molecule has 3 nitrogen and oxygen atoms in total. The van der Waals surface area contributed by atoms with Gasteiger partial charge in [0.2, 0.25) is 5.91 Å². The first kappa shape index (κ1) is 23.0. The Morgan fingerprint density at radius 1 is 0.806 bits per heavy atom. The molecular weight excluding hydrogens is 398 g/mol. The summed E-state index contributed by atoms with van der Waals surface area (Å²) in [6.45, 7) is 7.94. The normalized spacial score (nSPS) is 11.8. The average molecular weight is 432 g/mol. The molecule has 3 rings (SSSR count). The van der Waals surface area contributed by atoms with Crippen LogP contribution in [0.1, 0.15) is 39.2 Å². The lowest BCUT2D eigenvalue weighted by molar-refractivity contribution is -0.121. The smallest absolute Gasteiger partial charge is 0.261 e. The summed E-state index contributed by atoms with van der Waals surface area (Å²) in [4.78, 5) is 12.3. The largest absolute Gasteiger partial charge is 0.407 e. The van der Waals surface area contributed by atoms with Crippen LogP contribution in [0.2, 0.25) is 5.04 Å². The third-order valence-corrected chi connectivity index (χ3v) is 10.7. The van der Waals surface area contributed by atoms with Crippen molar-refractivity contribution in [2.75, 3.05) is 6.61 Å². The second-order valence-corrected chi connectivity index (χ2v) is 13.2. The van der Waals surface area contributed by atoms with Gasteiger partial charge >= 0.3 is 0 Å². The second kappa shape index (κ2) is 10.6. The molecule has 0 saturated carbocycles. The summed E-state index contributed by atoms with van der Waals surface area (Å²) in [5.41, 5.74) is 1.11. The fourth-order valence-corrected chi connectivity index (χ4v) is 8.71. The standard InChI is InChI=1S/C27H33NO2Si/c1-27(2,3)31(24-16-9-5-10-17-24,25-18-11-6-12-19-25)30-21-13-20-26(29)28-22-23-14-7-4-8-15-23/h4-12,14-19H,13,20-22H2,1-3H3,(H,28,29). The van der Waals surface area contributed by atoms with Gasteiger partial charge in [0.25, 0.3) is 8.32 Å². The van der Waals surface area contributed by atoms with E-state index in [1.54, 1.807) is 0 Å². The summed E-state index contributed by atoms with van der Waals surface area (Å²) in [5, 5.41) is 5.49. The van der Waals surface area contributed by atoms with Gasteiger partial charge in [-0.25, -0.2) is 0 Å². The minimum absolute atomic E-state index is 0.0503. The predicted octanol–water partition coefficient (Wildman–Crippen LogP) is 4.66. The number of hydrogen-bond acceptors (Lipinski definition) is 2. The van der Waals surface area contributed by atoms with Crippen LogP contribution in [0.4, 0.5) is 0 Å². The van der Waals surface area contributed by atoms with Gasteiger partial charge in [-0.2, -0.15) is 0 Å². The quantitative estimate of drug-likeness (QED) is 0.395. The SMILES string of the molecule is CC(C)(C)[Si](OCCCC(=O)NCc1ccccc1)(c1ccccc1)c1ccccc1. The van der Waals surface area contributed by atoms with E-state index in [9.17, 15) is 4.79 Å². The number of hydrogen-bond donors (Lipinski definition) is 1. The van der Waals surface area contributed by atoms with Crippen LogP contribution >= 0.6 is 0 Å². The Bertz CT molecular complexity index is 898. The lowest BCUT2D eigenvalue weighted by Crippen LogP contribution is -2.66. The molecule has 0 aliphatic rings. The fourth-order valence-electron chi connectivity index (χ4n) is 4.10. The number of benzene rings is 3. The maximum atomic E-state index is 12.3. The van der Waals surface area contributed by atoms with Crippen molar-refractivity contribution in [1.29, 1.82) is 0 Å². The monoisotopic (exact) mass is 431 g/mol. The third kappa shape index (κ3) is 5.72. The Kier molecular flexibility index (Phi) is 7.83. The maximum Gasteiger partial charge on any atom is 0.261 e. The van der Waals surface area contributed by atoms with Crippen molar-refractivity contribution in [3.05, 3.63) is 96.6 Å². The highest BCUT2D eigenvalue weighted by Gasteiger charge is 2.49. The van der Waals surface area contributed by atoms with E-state index in [4.69, 9.17) is 4.43 Å². The van der Waals surface area contributed by atoms with Crippen molar-refractivity contribution in [1.82, 2.24) is 5.32 Å². The maximum absolute atomic E-state index is 12.3. The van der Waals surface area contributed by atoms with Gasteiger partial charge in [-0.05, 0) is 27.4 Å². The molecule has 0 fully saturated rings. The molecule has 0 aliphatic heterocycles. The van der Waals surface area contributed by atoms with Crippen LogP contribution in [0.3, 0.4) is 0 Å². The van der Waals surface area contributed by atoms with E-state index in [1.807, 2.05) is 42.5 Å². The molecule has 3 aromatic rings. The van der Waals surface area contributed by atoms with Gasteiger partial charge in [-0.3, -0.25) is 4.79 Å². The highest BCUT2D eigenvalue weighted by atomic mass is 28.4. The summed E-state index contributed by atoms with van der Waals surface area (Å²) >= 11 is 0. The van der Waals surface area contributed by atoms with Gasteiger partial charge in [-0.1, -0.05) is 112 Å². The highest BCUT2D eigenvalue weighted by Crippen LogP contribution is 2.36. The van der Waals surface area contributed by atoms with Crippen molar-refractivity contribution in [2.24, 2.45) is 0 Å². The lowest BCUT2D eigenvalue weighted by atomic mass is 10.2. The van der Waals surface area contributed by atoms with Crippen molar-refractivity contribution < 1.29 is 9.22 Å². The molecule has 1 N–H and O–H groups in total. The Morgan fingerprint density at radius 2 is 1.29 bits per heavy atom. The van der Waals surface area contributed by atoms with Crippen molar-refractivity contribution in [3.63, 3.8) is 0 Å². The van der Waals surface area contributed by atoms with Crippen LogP contribution in [-0.4, -0.2) is 20.8 Å². The second-order valence-electron chi connectivity index (χ2n) is 8.88. The topological polar surface area (TPSA) is 38.3 Å². The van der Waals surface area contributed by atoms with Crippen molar-refractivity contribution in [3.8, 4) is 0 Å². The summed E-state index contributed by atoms with van der Waals surface area (Å²) in [7, 11) is -2.52. The van der Waals surface area contributed by atoms with Crippen LogP contribution in [0.15, 0.2) is 91.0 Å². The van der Waals surface area contributed by atoms with E-state index in [1.165, 1.54) is 10.4 Å². The van der Waals surface area contributed by atoms with Gasteiger partial charge in [0, 0.05) is 19.6 Å². The van der Waals surface area contributed by atoms with Gasteiger partial charge < -0.3 is 9.74 Å². The number of rotatable bonds is 9. The Labute approximate surface area is 187 Å². The molecule has 0 aliphatic carbocycles. The molecular formula is C27H33NO2Si.